The SMILES string of the molecule is COc1ccc([C@H](CNC(=O)c2ccc3oc4ccccc4c3c2)Cc2ccccc2)cc1OC. The molecule has 5 rings (SSSR count). The van der Waals surface area contributed by atoms with Crippen molar-refractivity contribution in [1.29, 1.82) is 0 Å². The monoisotopic (exact) mass is 465 g/mol. The molecule has 35 heavy (non-hydrogen) atoms. The second kappa shape index (κ2) is 9.94. The maximum absolute atomic E-state index is 13.2. The molecule has 0 saturated heterocycles. The number of hydrogen-bond donors (Lipinski definition) is 1. The van der Waals surface area contributed by atoms with Crippen molar-refractivity contribution in [3.8, 4) is 11.5 Å². The number of benzene rings is 4. The van der Waals surface area contributed by atoms with Crippen molar-refractivity contribution >= 4 is 27.8 Å². The number of hydrogen-bond acceptors (Lipinski definition) is 4. The van der Waals surface area contributed by atoms with Crippen LogP contribution in [-0.4, -0.2) is 26.7 Å². The molecule has 1 atom stereocenters. The van der Waals surface area contributed by atoms with Gasteiger partial charge in [0.25, 0.3) is 5.91 Å². The zero-order valence-electron chi connectivity index (χ0n) is 19.8. The topological polar surface area (TPSA) is 60.7 Å². The molecular formula is C30H27NO4. The molecule has 0 radical (unpaired) electrons. The third-order valence-electron chi connectivity index (χ3n) is 6.35. The first-order valence-electron chi connectivity index (χ1n) is 11.6. The van der Waals surface area contributed by atoms with E-state index in [1.165, 1.54) is 5.56 Å². The van der Waals surface area contributed by atoms with Crippen LogP contribution in [0.2, 0.25) is 0 Å². The number of amides is 1. The summed E-state index contributed by atoms with van der Waals surface area (Å²) in [6.45, 7) is 0.480. The molecule has 0 saturated carbocycles. The highest BCUT2D eigenvalue weighted by Crippen LogP contribution is 2.32. The van der Waals surface area contributed by atoms with E-state index >= 15 is 0 Å². The Morgan fingerprint density at radius 2 is 1.54 bits per heavy atom. The van der Waals surface area contributed by atoms with Gasteiger partial charge in [0.05, 0.1) is 14.2 Å². The summed E-state index contributed by atoms with van der Waals surface area (Å²) in [5, 5.41) is 5.09. The summed E-state index contributed by atoms with van der Waals surface area (Å²) in [5.74, 6) is 1.29. The number of fused-ring (bicyclic) bond motifs is 3. The fourth-order valence-corrected chi connectivity index (χ4v) is 4.50. The number of rotatable bonds is 8. The Kier molecular flexibility index (Phi) is 6.40. The largest absolute Gasteiger partial charge is 0.493 e. The zero-order valence-corrected chi connectivity index (χ0v) is 19.8. The lowest BCUT2D eigenvalue weighted by Gasteiger charge is -2.20. The molecule has 0 unspecified atom stereocenters. The smallest absolute Gasteiger partial charge is 0.251 e. The van der Waals surface area contributed by atoms with Gasteiger partial charge in [-0.15, -0.1) is 0 Å². The van der Waals surface area contributed by atoms with E-state index in [-0.39, 0.29) is 11.8 Å². The highest BCUT2D eigenvalue weighted by atomic mass is 16.5. The first-order chi connectivity index (χ1) is 17.2. The van der Waals surface area contributed by atoms with Gasteiger partial charge >= 0.3 is 0 Å². The lowest BCUT2D eigenvalue weighted by molar-refractivity contribution is 0.0951. The van der Waals surface area contributed by atoms with E-state index in [1.54, 1.807) is 14.2 Å². The summed E-state index contributed by atoms with van der Waals surface area (Å²) in [4.78, 5) is 13.2. The van der Waals surface area contributed by atoms with Crippen LogP contribution in [0.1, 0.15) is 27.4 Å². The van der Waals surface area contributed by atoms with Gasteiger partial charge in [0.15, 0.2) is 11.5 Å². The predicted octanol–water partition coefficient (Wildman–Crippen LogP) is 6.36. The van der Waals surface area contributed by atoms with Gasteiger partial charge in [-0.05, 0) is 53.9 Å². The van der Waals surface area contributed by atoms with Crippen LogP contribution in [-0.2, 0) is 6.42 Å². The van der Waals surface area contributed by atoms with E-state index in [9.17, 15) is 4.79 Å². The standard InChI is InChI=1S/C30H27NO4/c1-33-28-15-12-21(18-29(28)34-2)23(16-20-8-4-3-5-9-20)19-31-30(32)22-13-14-27-25(17-22)24-10-6-7-11-26(24)35-27/h3-15,17-18,23H,16,19H2,1-2H3,(H,31,32)/t23-/m0/s1. The highest BCUT2D eigenvalue weighted by Gasteiger charge is 2.18. The van der Waals surface area contributed by atoms with E-state index in [0.29, 0.717) is 23.6 Å². The van der Waals surface area contributed by atoms with Crippen molar-refractivity contribution in [2.75, 3.05) is 20.8 Å². The van der Waals surface area contributed by atoms with Gasteiger partial charge < -0.3 is 19.2 Å². The molecule has 0 bridgehead atoms. The molecule has 0 aliphatic rings. The van der Waals surface area contributed by atoms with Crippen molar-refractivity contribution in [2.45, 2.75) is 12.3 Å². The molecule has 0 spiro atoms. The summed E-state index contributed by atoms with van der Waals surface area (Å²) >= 11 is 0. The predicted molar refractivity (Wildman–Crippen MR) is 138 cm³/mol. The van der Waals surface area contributed by atoms with Crippen LogP contribution in [0.4, 0.5) is 0 Å². The Morgan fingerprint density at radius 1 is 0.800 bits per heavy atom. The number of ether oxygens (including phenoxy) is 2. The molecule has 176 valence electrons. The molecule has 1 heterocycles. The second-order valence-electron chi connectivity index (χ2n) is 8.52. The minimum absolute atomic E-state index is 0.0552. The van der Waals surface area contributed by atoms with Gasteiger partial charge in [0.1, 0.15) is 11.2 Å². The number of para-hydroxylation sites is 1. The Bertz CT molecular complexity index is 1470. The summed E-state index contributed by atoms with van der Waals surface area (Å²) in [6.07, 6.45) is 0.780. The number of methoxy groups -OCH3 is 2. The van der Waals surface area contributed by atoms with Crippen LogP contribution in [0.3, 0.4) is 0 Å². The first kappa shape index (κ1) is 22.5. The Hall–Kier alpha value is -4.25. The van der Waals surface area contributed by atoms with Crippen molar-refractivity contribution in [2.24, 2.45) is 0 Å². The van der Waals surface area contributed by atoms with Gasteiger partial charge in [-0.3, -0.25) is 4.79 Å². The fraction of sp³-hybridized carbons (Fsp3) is 0.167. The zero-order chi connectivity index (χ0) is 24.2. The maximum Gasteiger partial charge on any atom is 0.251 e. The molecule has 0 aliphatic carbocycles. The van der Waals surface area contributed by atoms with Crippen molar-refractivity contribution in [3.05, 3.63) is 108 Å². The Morgan fingerprint density at radius 3 is 2.34 bits per heavy atom. The normalized spacial score (nSPS) is 11.9. The third kappa shape index (κ3) is 4.71. The first-order valence-corrected chi connectivity index (χ1v) is 11.6. The van der Waals surface area contributed by atoms with Crippen LogP contribution in [0.5, 0.6) is 11.5 Å². The minimum Gasteiger partial charge on any atom is -0.493 e. The average Bonchev–Trinajstić information content (AvgIpc) is 3.29. The van der Waals surface area contributed by atoms with Gasteiger partial charge in [0.2, 0.25) is 0 Å². The van der Waals surface area contributed by atoms with Gasteiger partial charge in [0, 0.05) is 28.8 Å². The summed E-state index contributed by atoms with van der Waals surface area (Å²) < 4.78 is 16.8. The van der Waals surface area contributed by atoms with E-state index in [0.717, 1.165) is 33.9 Å². The quantitative estimate of drug-likeness (QED) is 0.290. The Balaban J connectivity index is 1.40. The number of carbonyl (C=O) groups excluding carboxylic acids is 1. The molecule has 1 aromatic heterocycles. The number of nitrogens with one attached hydrogen (secondary N) is 1. The highest BCUT2D eigenvalue weighted by molar-refractivity contribution is 6.08. The average molecular weight is 466 g/mol. The molecule has 5 heteroatoms. The van der Waals surface area contributed by atoms with E-state index in [4.69, 9.17) is 13.9 Å². The molecule has 1 amide bonds. The summed E-state index contributed by atoms with van der Waals surface area (Å²) in [7, 11) is 3.25. The molecule has 4 aromatic carbocycles. The van der Waals surface area contributed by atoms with Crippen LogP contribution < -0.4 is 14.8 Å². The van der Waals surface area contributed by atoms with Crippen molar-refractivity contribution in [3.63, 3.8) is 0 Å². The lowest BCUT2D eigenvalue weighted by Crippen LogP contribution is -2.29. The van der Waals surface area contributed by atoms with E-state index in [2.05, 4.69) is 17.4 Å². The molecule has 1 N–H and O–H groups in total. The fourth-order valence-electron chi connectivity index (χ4n) is 4.50. The second-order valence-corrected chi connectivity index (χ2v) is 8.52. The number of furan rings is 1. The molecule has 5 nitrogen and oxygen atoms in total. The number of carbonyl (C=O) groups is 1. The van der Waals surface area contributed by atoms with Crippen LogP contribution in [0.15, 0.2) is 95.4 Å². The summed E-state index contributed by atoms with van der Waals surface area (Å²) in [6, 6.07) is 29.6. The maximum atomic E-state index is 13.2. The lowest BCUT2D eigenvalue weighted by atomic mass is 9.91. The third-order valence-corrected chi connectivity index (χ3v) is 6.35. The van der Waals surface area contributed by atoms with E-state index in [1.807, 2.05) is 78.9 Å². The molecule has 5 aromatic rings. The van der Waals surface area contributed by atoms with Gasteiger partial charge in [-0.25, -0.2) is 0 Å². The van der Waals surface area contributed by atoms with Crippen LogP contribution >= 0.6 is 0 Å². The van der Waals surface area contributed by atoms with Crippen LogP contribution in [0, 0.1) is 0 Å². The molecule has 0 aliphatic heterocycles. The van der Waals surface area contributed by atoms with Gasteiger partial charge in [-0.2, -0.15) is 0 Å². The minimum atomic E-state index is -0.115. The summed E-state index contributed by atoms with van der Waals surface area (Å²) in [5.41, 5.74) is 4.47. The van der Waals surface area contributed by atoms with Crippen molar-refractivity contribution < 1.29 is 18.7 Å². The molecular weight excluding hydrogens is 438 g/mol. The molecule has 0 fully saturated rings. The van der Waals surface area contributed by atoms with Crippen molar-refractivity contribution in [1.82, 2.24) is 5.32 Å². The Labute approximate surface area is 204 Å². The van der Waals surface area contributed by atoms with Crippen LogP contribution in [0.25, 0.3) is 21.9 Å². The van der Waals surface area contributed by atoms with E-state index < -0.39 is 0 Å². The van der Waals surface area contributed by atoms with Gasteiger partial charge in [-0.1, -0.05) is 54.6 Å².